The van der Waals surface area contributed by atoms with E-state index in [2.05, 4.69) is 33.2 Å². The Hall–Kier alpha value is -2.02. The minimum atomic E-state index is -0.547. The summed E-state index contributed by atoms with van der Waals surface area (Å²) in [4.78, 5) is 25.5. The number of nitro groups is 1. The van der Waals surface area contributed by atoms with Gasteiger partial charge in [0.1, 0.15) is 0 Å². The van der Waals surface area contributed by atoms with Crippen molar-refractivity contribution >= 4 is 74.5 Å². The van der Waals surface area contributed by atoms with Gasteiger partial charge in [-0.3, -0.25) is 20.2 Å². The largest absolute Gasteiger partial charge is 0.378 e. The van der Waals surface area contributed by atoms with Crippen LogP contribution in [-0.4, -0.2) is 42.2 Å². The highest BCUT2D eigenvalue weighted by molar-refractivity contribution is 14.1. The number of benzene rings is 2. The Kier molecular flexibility index (Phi) is 7.22. The first-order valence-corrected chi connectivity index (χ1v) is 10.4. The van der Waals surface area contributed by atoms with Crippen LogP contribution in [0.3, 0.4) is 0 Å². The van der Waals surface area contributed by atoms with Crippen molar-refractivity contribution in [1.82, 2.24) is 5.32 Å². The predicted octanol–water partition coefficient (Wildman–Crippen LogP) is 3.82. The zero-order valence-corrected chi connectivity index (χ0v) is 18.7. The number of nitro benzene ring substituents is 1. The van der Waals surface area contributed by atoms with E-state index in [1.807, 2.05) is 11.0 Å². The molecule has 3 rings (SSSR count). The fourth-order valence-electron chi connectivity index (χ4n) is 2.81. The smallest absolute Gasteiger partial charge is 0.270 e. The number of hydrogen-bond acceptors (Lipinski definition) is 6. The summed E-state index contributed by atoms with van der Waals surface area (Å²) < 4.78 is 6.30. The van der Waals surface area contributed by atoms with E-state index in [1.165, 1.54) is 12.1 Å². The molecule has 1 saturated heterocycles. The molecule has 2 N–H and O–H groups in total. The molecule has 0 unspecified atom stereocenters. The SMILES string of the molecule is O=C(NC(=S)Nc1ccc(I)cc1Cl)c1cc([N+](=O)[O-])ccc1N1CCOCC1. The van der Waals surface area contributed by atoms with E-state index in [0.29, 0.717) is 42.7 Å². The zero-order chi connectivity index (χ0) is 21.0. The third-order valence-corrected chi connectivity index (χ3v) is 5.38. The number of nitrogens with zero attached hydrogens (tertiary/aromatic N) is 2. The third kappa shape index (κ3) is 5.53. The van der Waals surface area contributed by atoms with E-state index in [9.17, 15) is 14.9 Å². The molecule has 0 saturated carbocycles. The summed E-state index contributed by atoms with van der Waals surface area (Å²) in [5, 5.41) is 17.1. The first-order chi connectivity index (χ1) is 13.8. The summed E-state index contributed by atoms with van der Waals surface area (Å²) in [5.41, 5.74) is 1.13. The molecule has 0 spiro atoms. The number of hydrogen-bond donors (Lipinski definition) is 2. The number of amides is 1. The number of nitrogens with one attached hydrogen (secondary N) is 2. The van der Waals surface area contributed by atoms with Crippen molar-refractivity contribution in [3.05, 3.63) is 60.7 Å². The average Bonchev–Trinajstić information content (AvgIpc) is 2.70. The summed E-state index contributed by atoms with van der Waals surface area (Å²) in [7, 11) is 0. The van der Waals surface area contributed by atoms with Gasteiger partial charge in [0.2, 0.25) is 0 Å². The molecule has 0 radical (unpaired) electrons. The van der Waals surface area contributed by atoms with Crippen molar-refractivity contribution < 1.29 is 14.5 Å². The molecule has 0 bridgehead atoms. The van der Waals surface area contributed by atoms with E-state index < -0.39 is 10.8 Å². The Morgan fingerprint density at radius 3 is 2.62 bits per heavy atom. The van der Waals surface area contributed by atoms with Gasteiger partial charge in [-0.1, -0.05) is 11.6 Å². The zero-order valence-electron chi connectivity index (χ0n) is 15.0. The lowest BCUT2D eigenvalue weighted by molar-refractivity contribution is -0.384. The second-order valence-electron chi connectivity index (χ2n) is 6.09. The number of non-ortho nitro benzene ring substituents is 1. The average molecular weight is 547 g/mol. The van der Waals surface area contributed by atoms with Gasteiger partial charge in [-0.05, 0) is 59.1 Å². The van der Waals surface area contributed by atoms with Crippen molar-refractivity contribution in [2.45, 2.75) is 0 Å². The lowest BCUT2D eigenvalue weighted by Crippen LogP contribution is -2.39. The van der Waals surface area contributed by atoms with Gasteiger partial charge in [0.05, 0.1) is 40.1 Å². The molecule has 29 heavy (non-hydrogen) atoms. The van der Waals surface area contributed by atoms with Crippen molar-refractivity contribution in [2.75, 3.05) is 36.5 Å². The molecule has 1 fully saturated rings. The van der Waals surface area contributed by atoms with Crippen LogP contribution in [0.15, 0.2) is 36.4 Å². The number of carbonyl (C=O) groups excluding carboxylic acids is 1. The van der Waals surface area contributed by atoms with Crippen LogP contribution < -0.4 is 15.5 Å². The monoisotopic (exact) mass is 546 g/mol. The fourth-order valence-corrected chi connectivity index (χ4v) is 3.92. The summed E-state index contributed by atoms with van der Waals surface area (Å²) >= 11 is 13.5. The standard InChI is InChI=1S/C18H16ClIN4O4S/c19-14-9-11(20)1-3-15(14)21-18(29)22-17(25)13-10-12(24(26)27)2-4-16(13)23-5-7-28-8-6-23/h1-4,9-10H,5-8H2,(H2,21,22,25,29). The number of rotatable bonds is 4. The highest BCUT2D eigenvalue weighted by Gasteiger charge is 2.22. The molecule has 0 aliphatic carbocycles. The van der Waals surface area contributed by atoms with Crippen LogP contribution in [0.4, 0.5) is 17.1 Å². The van der Waals surface area contributed by atoms with Crippen LogP contribution >= 0.6 is 46.4 Å². The molecule has 0 atom stereocenters. The van der Waals surface area contributed by atoms with Crippen molar-refractivity contribution in [1.29, 1.82) is 0 Å². The Balaban J connectivity index is 1.81. The predicted molar refractivity (Wildman–Crippen MR) is 124 cm³/mol. The van der Waals surface area contributed by atoms with Crippen LogP contribution in [0.5, 0.6) is 0 Å². The molecule has 152 valence electrons. The van der Waals surface area contributed by atoms with Gasteiger partial charge in [-0.15, -0.1) is 0 Å². The lowest BCUT2D eigenvalue weighted by atomic mass is 10.1. The summed E-state index contributed by atoms with van der Waals surface area (Å²) in [6.07, 6.45) is 0. The van der Waals surface area contributed by atoms with E-state index in [1.54, 1.807) is 18.2 Å². The van der Waals surface area contributed by atoms with E-state index in [4.69, 9.17) is 28.6 Å². The molecule has 11 heteroatoms. The molecule has 1 heterocycles. The van der Waals surface area contributed by atoms with Crippen LogP contribution in [0.25, 0.3) is 0 Å². The van der Waals surface area contributed by atoms with Gasteiger partial charge in [-0.2, -0.15) is 0 Å². The third-order valence-electron chi connectivity index (χ3n) is 4.19. The highest BCUT2D eigenvalue weighted by atomic mass is 127. The topological polar surface area (TPSA) is 96.7 Å². The van der Waals surface area contributed by atoms with Gasteiger partial charge >= 0.3 is 0 Å². The number of morpholine rings is 1. The maximum Gasteiger partial charge on any atom is 0.270 e. The Labute approximate surface area is 190 Å². The summed E-state index contributed by atoms with van der Waals surface area (Å²) in [5.74, 6) is -0.547. The van der Waals surface area contributed by atoms with Crippen molar-refractivity contribution in [3.8, 4) is 0 Å². The Bertz CT molecular complexity index is 969. The molecule has 1 aliphatic heterocycles. The quantitative estimate of drug-likeness (QED) is 0.261. The molecule has 1 amide bonds. The van der Waals surface area contributed by atoms with E-state index in [0.717, 1.165) is 3.57 Å². The Morgan fingerprint density at radius 2 is 1.97 bits per heavy atom. The van der Waals surface area contributed by atoms with Crippen LogP contribution in [0.1, 0.15) is 10.4 Å². The molecule has 2 aromatic rings. The number of anilines is 2. The number of carbonyl (C=O) groups is 1. The van der Waals surface area contributed by atoms with Gasteiger partial charge in [0, 0.05) is 28.8 Å². The van der Waals surface area contributed by atoms with E-state index in [-0.39, 0.29) is 16.4 Å². The molecule has 2 aromatic carbocycles. The number of thiocarbonyl (C=S) groups is 1. The van der Waals surface area contributed by atoms with Gasteiger partial charge < -0.3 is 15.0 Å². The van der Waals surface area contributed by atoms with Gasteiger partial charge in [0.25, 0.3) is 11.6 Å². The fraction of sp³-hybridized carbons (Fsp3) is 0.222. The molecule has 0 aromatic heterocycles. The van der Waals surface area contributed by atoms with Crippen LogP contribution in [-0.2, 0) is 4.74 Å². The lowest BCUT2D eigenvalue weighted by Gasteiger charge is -2.30. The van der Waals surface area contributed by atoms with Crippen LogP contribution in [0.2, 0.25) is 5.02 Å². The number of ether oxygens (including phenoxy) is 1. The molecule has 8 nitrogen and oxygen atoms in total. The Morgan fingerprint density at radius 1 is 1.24 bits per heavy atom. The minimum absolute atomic E-state index is 0.0394. The maximum absolute atomic E-state index is 12.9. The first-order valence-electron chi connectivity index (χ1n) is 8.53. The summed E-state index contributed by atoms with van der Waals surface area (Å²) in [6, 6.07) is 9.55. The first kappa shape index (κ1) is 21.7. The minimum Gasteiger partial charge on any atom is -0.378 e. The number of halogens is 2. The van der Waals surface area contributed by atoms with Gasteiger partial charge in [0.15, 0.2) is 5.11 Å². The normalized spacial score (nSPS) is 13.7. The van der Waals surface area contributed by atoms with Gasteiger partial charge in [-0.25, -0.2) is 0 Å². The molecular weight excluding hydrogens is 531 g/mol. The van der Waals surface area contributed by atoms with E-state index >= 15 is 0 Å². The summed E-state index contributed by atoms with van der Waals surface area (Å²) in [6.45, 7) is 2.20. The van der Waals surface area contributed by atoms with Crippen molar-refractivity contribution in [3.63, 3.8) is 0 Å². The maximum atomic E-state index is 12.9. The molecule has 1 aliphatic rings. The second kappa shape index (κ2) is 9.65. The second-order valence-corrected chi connectivity index (χ2v) is 8.15. The molecular formula is C18H16ClIN4O4S. The van der Waals surface area contributed by atoms with Crippen molar-refractivity contribution in [2.24, 2.45) is 0 Å². The van der Waals surface area contributed by atoms with Crippen LogP contribution in [0, 0.1) is 13.7 Å². The highest BCUT2D eigenvalue weighted by Crippen LogP contribution is 2.27.